The van der Waals surface area contributed by atoms with Crippen LogP contribution in [0.1, 0.15) is 28.5 Å². The molecule has 0 saturated heterocycles. The van der Waals surface area contributed by atoms with Crippen LogP contribution in [0.3, 0.4) is 0 Å². The van der Waals surface area contributed by atoms with Crippen LogP contribution in [0.4, 0.5) is 9.59 Å². The van der Waals surface area contributed by atoms with Crippen molar-refractivity contribution < 1.29 is 48.3 Å². The van der Waals surface area contributed by atoms with Crippen LogP contribution in [0.25, 0.3) is 22.3 Å². The number of amides is 2. The molecule has 5 aromatic rings. The molecule has 0 aromatic heterocycles. The van der Waals surface area contributed by atoms with Gasteiger partial charge in [0.2, 0.25) is 0 Å². The van der Waals surface area contributed by atoms with Gasteiger partial charge in [0.05, 0.1) is 25.0 Å². The Bertz CT molecular complexity index is 2220. The first-order valence-electron chi connectivity index (χ1n) is 17.9. The predicted molar refractivity (Wildman–Crippen MR) is 214 cm³/mol. The molecule has 0 spiro atoms. The molecule has 0 aliphatic heterocycles. The van der Waals surface area contributed by atoms with Gasteiger partial charge < -0.3 is 40.6 Å². The van der Waals surface area contributed by atoms with Crippen molar-refractivity contribution in [1.29, 1.82) is 0 Å². The Morgan fingerprint density at radius 3 is 1.46 bits per heavy atom. The summed E-state index contributed by atoms with van der Waals surface area (Å²) in [4.78, 5) is 47.9. The summed E-state index contributed by atoms with van der Waals surface area (Å²) in [6, 6.07) is 39.2. The van der Waals surface area contributed by atoms with Gasteiger partial charge in [-0.25, -0.2) is 19.2 Å². The van der Waals surface area contributed by atoms with Gasteiger partial charge in [-0.15, -0.1) is 0 Å². The summed E-state index contributed by atoms with van der Waals surface area (Å²) in [6.45, 7) is 1.57. The molecule has 0 bridgehead atoms. The molecule has 5 aromatic carbocycles. The number of aliphatic carboxylic acids is 2. The molecule has 12 heteroatoms. The van der Waals surface area contributed by atoms with Crippen LogP contribution in [0.15, 0.2) is 152 Å². The molecule has 0 saturated carbocycles. The van der Waals surface area contributed by atoms with Gasteiger partial charge >= 0.3 is 24.1 Å². The highest BCUT2D eigenvalue weighted by Gasteiger charge is 2.31. The second kappa shape index (κ2) is 19.8. The lowest BCUT2D eigenvalue weighted by Crippen LogP contribution is -2.32. The van der Waals surface area contributed by atoms with E-state index in [-0.39, 0.29) is 13.2 Å². The van der Waals surface area contributed by atoms with Crippen LogP contribution in [0.5, 0.6) is 11.5 Å². The van der Waals surface area contributed by atoms with E-state index in [4.69, 9.17) is 30.4 Å². The standard InChI is InChI=1S/C45H42N2O10/c1-29-20-21-32(36(40(56-44(46)52)22-24-42(48)49)27-54-38-18-10-8-16-33(38)30-12-4-2-5-13-30)26-35(29)37(41(57-45(47)53)23-25-43(50)51)28-55-39-19-11-9-17-34(39)31-14-6-3-7-15-31/h2-26,36-37,40-41H,27-28H2,1H3,(H2,46,52)(H2,47,53)(H,48,49)(H,50,51). The first-order valence-corrected chi connectivity index (χ1v) is 17.9. The Labute approximate surface area is 329 Å². The van der Waals surface area contributed by atoms with Gasteiger partial charge in [0.15, 0.2) is 0 Å². The molecule has 0 radical (unpaired) electrons. The highest BCUT2D eigenvalue weighted by atomic mass is 16.6. The first-order chi connectivity index (χ1) is 27.5. The normalized spacial score (nSPS) is 13.3. The van der Waals surface area contributed by atoms with Gasteiger partial charge in [-0.3, -0.25) is 0 Å². The number of benzene rings is 5. The number of carbonyl (C=O) groups is 4. The van der Waals surface area contributed by atoms with E-state index in [1.165, 1.54) is 12.2 Å². The molecular formula is C45H42N2O10. The number of rotatable bonds is 18. The van der Waals surface area contributed by atoms with E-state index in [0.29, 0.717) is 28.2 Å². The summed E-state index contributed by atoms with van der Waals surface area (Å²) in [6.07, 6.45) is -0.618. The number of nitrogens with two attached hydrogens (primary N) is 2. The number of carboxylic acids is 2. The fourth-order valence-corrected chi connectivity index (χ4v) is 6.42. The monoisotopic (exact) mass is 770 g/mol. The number of ether oxygens (including phenoxy) is 4. The van der Waals surface area contributed by atoms with Gasteiger partial charge in [-0.1, -0.05) is 115 Å². The largest absolute Gasteiger partial charge is 0.492 e. The summed E-state index contributed by atoms with van der Waals surface area (Å²) < 4.78 is 23.9. The lowest BCUT2D eigenvalue weighted by molar-refractivity contribution is -0.132. The zero-order chi connectivity index (χ0) is 40.7. The van der Waals surface area contributed by atoms with Crippen molar-refractivity contribution in [3.05, 3.63) is 168 Å². The van der Waals surface area contributed by atoms with Crippen molar-refractivity contribution in [2.75, 3.05) is 13.2 Å². The van der Waals surface area contributed by atoms with Crippen molar-refractivity contribution in [3.63, 3.8) is 0 Å². The molecule has 0 heterocycles. The number of carboxylic acid groups (broad SMARTS) is 2. The van der Waals surface area contributed by atoms with Gasteiger partial charge in [0, 0.05) is 23.3 Å². The Morgan fingerprint density at radius 2 is 1.00 bits per heavy atom. The third kappa shape index (κ3) is 11.6. The summed E-state index contributed by atoms with van der Waals surface area (Å²) in [5.74, 6) is -3.25. The lowest BCUT2D eigenvalue weighted by Gasteiger charge is -2.29. The highest BCUT2D eigenvalue weighted by Crippen LogP contribution is 2.36. The molecule has 2 amide bonds. The number of primary amides is 2. The maximum atomic E-state index is 12.3. The summed E-state index contributed by atoms with van der Waals surface area (Å²) >= 11 is 0. The minimum Gasteiger partial charge on any atom is -0.492 e. The quantitative estimate of drug-likeness (QED) is 0.0636. The molecule has 292 valence electrons. The minimum atomic E-state index is -1.28. The van der Waals surface area contributed by atoms with E-state index in [2.05, 4.69) is 0 Å². The fourth-order valence-electron chi connectivity index (χ4n) is 6.42. The van der Waals surface area contributed by atoms with E-state index in [9.17, 15) is 29.4 Å². The Hall–Kier alpha value is -7.34. The maximum absolute atomic E-state index is 12.3. The zero-order valence-corrected chi connectivity index (χ0v) is 31.0. The second-order valence-electron chi connectivity index (χ2n) is 12.9. The smallest absolute Gasteiger partial charge is 0.405 e. The zero-order valence-electron chi connectivity index (χ0n) is 31.0. The van der Waals surface area contributed by atoms with Gasteiger partial charge in [-0.05, 0) is 59.0 Å². The third-order valence-corrected chi connectivity index (χ3v) is 9.07. The number of hydrogen-bond acceptors (Lipinski definition) is 8. The number of hydrogen-bond donors (Lipinski definition) is 4. The van der Waals surface area contributed by atoms with E-state index in [0.717, 1.165) is 34.4 Å². The van der Waals surface area contributed by atoms with Crippen LogP contribution in [0.2, 0.25) is 0 Å². The molecule has 0 fully saturated rings. The van der Waals surface area contributed by atoms with Gasteiger partial charge in [0.1, 0.15) is 23.7 Å². The van der Waals surface area contributed by atoms with Crippen LogP contribution in [-0.2, 0) is 19.1 Å². The van der Waals surface area contributed by atoms with E-state index in [1.807, 2.05) is 104 Å². The Morgan fingerprint density at radius 1 is 0.579 bits per heavy atom. The molecule has 4 atom stereocenters. The second-order valence-corrected chi connectivity index (χ2v) is 12.9. The first kappa shape index (κ1) is 40.8. The summed E-state index contributed by atoms with van der Waals surface area (Å²) in [5, 5.41) is 19.1. The van der Waals surface area contributed by atoms with Gasteiger partial charge in [0.25, 0.3) is 0 Å². The number of para-hydroxylation sites is 2. The van der Waals surface area contributed by atoms with Crippen LogP contribution >= 0.6 is 0 Å². The van der Waals surface area contributed by atoms with Crippen LogP contribution in [-0.4, -0.2) is 59.8 Å². The average Bonchev–Trinajstić information content (AvgIpc) is 3.20. The van der Waals surface area contributed by atoms with Crippen molar-refractivity contribution in [2.45, 2.75) is 31.0 Å². The van der Waals surface area contributed by atoms with E-state index in [1.54, 1.807) is 30.3 Å². The topological polar surface area (TPSA) is 198 Å². The number of carbonyl (C=O) groups excluding carboxylic acids is 2. The van der Waals surface area contributed by atoms with Crippen LogP contribution in [0, 0.1) is 6.92 Å². The molecule has 12 nitrogen and oxygen atoms in total. The molecule has 0 aliphatic rings. The lowest BCUT2D eigenvalue weighted by atomic mass is 9.85. The van der Waals surface area contributed by atoms with E-state index >= 15 is 0 Å². The van der Waals surface area contributed by atoms with Crippen molar-refractivity contribution in [3.8, 4) is 33.8 Å². The maximum Gasteiger partial charge on any atom is 0.405 e. The summed E-state index contributed by atoms with van der Waals surface area (Å²) in [7, 11) is 0. The predicted octanol–water partition coefficient (Wildman–Crippen LogP) is 7.86. The van der Waals surface area contributed by atoms with Crippen molar-refractivity contribution in [1.82, 2.24) is 0 Å². The minimum absolute atomic E-state index is 0.123. The van der Waals surface area contributed by atoms with E-state index < -0.39 is 48.2 Å². The molecule has 4 unspecified atom stereocenters. The molecule has 57 heavy (non-hydrogen) atoms. The average molecular weight is 771 g/mol. The molecule has 0 aliphatic carbocycles. The van der Waals surface area contributed by atoms with Crippen molar-refractivity contribution >= 4 is 24.1 Å². The fraction of sp³-hybridized carbons (Fsp3) is 0.156. The molecule has 5 rings (SSSR count). The Balaban J connectivity index is 1.61. The van der Waals surface area contributed by atoms with Crippen LogP contribution < -0.4 is 20.9 Å². The highest BCUT2D eigenvalue weighted by molar-refractivity contribution is 5.80. The molecule has 6 N–H and O–H groups in total. The van der Waals surface area contributed by atoms with Crippen molar-refractivity contribution in [2.24, 2.45) is 11.5 Å². The third-order valence-electron chi connectivity index (χ3n) is 9.07. The number of aryl methyl sites for hydroxylation is 1. The van der Waals surface area contributed by atoms with Gasteiger partial charge in [-0.2, -0.15) is 0 Å². The Kier molecular flexibility index (Phi) is 14.2. The molecular weight excluding hydrogens is 728 g/mol. The summed E-state index contributed by atoms with van der Waals surface area (Å²) in [5.41, 5.74) is 16.2. The SMILES string of the molecule is Cc1ccc(C(COc2ccccc2-c2ccccc2)C(C=CC(=O)O)OC(N)=O)cc1C(COc1ccccc1-c1ccccc1)C(C=CC(=O)O)OC(N)=O.